The van der Waals surface area contributed by atoms with Gasteiger partial charge >= 0.3 is 5.97 Å². The molecule has 1 aromatic heterocycles. The smallest absolute Gasteiger partial charge is 0.311 e. The van der Waals surface area contributed by atoms with Crippen LogP contribution < -0.4 is 0 Å². The molecule has 0 amide bonds. The summed E-state index contributed by atoms with van der Waals surface area (Å²) in [6, 6.07) is 8.64. The second-order valence-corrected chi connectivity index (χ2v) is 5.88. The Balaban J connectivity index is 1.70. The largest absolute Gasteiger partial charge is 0.466 e. The van der Waals surface area contributed by atoms with Gasteiger partial charge in [-0.25, -0.2) is 4.98 Å². The normalized spacial score (nSPS) is 14.2. The number of esters is 1. The second kappa shape index (κ2) is 5.75. The van der Waals surface area contributed by atoms with Gasteiger partial charge in [-0.05, 0) is 31.2 Å². The summed E-state index contributed by atoms with van der Waals surface area (Å²) in [5.41, 5.74) is 3.33. The fraction of sp³-hybridized carbons (Fsp3) is 0.375. The Morgan fingerprint density at radius 3 is 2.75 bits per heavy atom. The van der Waals surface area contributed by atoms with Crippen molar-refractivity contribution in [2.45, 2.75) is 32.1 Å². The highest BCUT2D eigenvalue weighted by Gasteiger charge is 2.23. The zero-order valence-corrected chi connectivity index (χ0v) is 12.3. The molecule has 1 saturated carbocycles. The van der Waals surface area contributed by atoms with Gasteiger partial charge in [0.2, 0.25) is 0 Å². The topological polar surface area (TPSA) is 39.2 Å². The Hall–Kier alpha value is -1.68. The molecule has 3 nitrogen and oxygen atoms in total. The van der Waals surface area contributed by atoms with Crippen LogP contribution in [0.25, 0.3) is 10.6 Å². The molecule has 0 N–H and O–H groups in total. The van der Waals surface area contributed by atoms with E-state index in [9.17, 15) is 4.79 Å². The van der Waals surface area contributed by atoms with Gasteiger partial charge in [-0.2, -0.15) is 0 Å². The quantitative estimate of drug-likeness (QED) is 0.785. The Bertz CT molecular complexity index is 599. The van der Waals surface area contributed by atoms with E-state index in [-0.39, 0.29) is 12.4 Å². The van der Waals surface area contributed by atoms with Crippen LogP contribution in [0.3, 0.4) is 0 Å². The first-order valence-electron chi connectivity index (χ1n) is 6.96. The number of thiazole rings is 1. The van der Waals surface area contributed by atoms with Crippen LogP contribution in [0.4, 0.5) is 0 Å². The minimum Gasteiger partial charge on any atom is -0.466 e. The third-order valence-corrected chi connectivity index (χ3v) is 4.33. The number of rotatable bonds is 5. The standard InChI is InChI=1S/C16H17NO2S/c1-2-19-15(18)9-14-10-20-16(17-14)13-7-5-12(6-8-13)11-3-4-11/h5-8,10-11H,2-4,9H2,1H3. The maximum Gasteiger partial charge on any atom is 0.311 e. The lowest BCUT2D eigenvalue weighted by Crippen LogP contribution is -2.07. The molecule has 0 radical (unpaired) electrons. The van der Waals surface area contributed by atoms with Crippen molar-refractivity contribution in [1.82, 2.24) is 4.98 Å². The van der Waals surface area contributed by atoms with Gasteiger partial charge in [-0.15, -0.1) is 11.3 Å². The number of nitrogens with zero attached hydrogens (tertiary/aromatic N) is 1. The van der Waals surface area contributed by atoms with E-state index in [2.05, 4.69) is 29.2 Å². The van der Waals surface area contributed by atoms with Gasteiger partial charge < -0.3 is 4.74 Å². The van der Waals surface area contributed by atoms with Crippen molar-refractivity contribution >= 4 is 17.3 Å². The predicted octanol–water partition coefficient (Wildman–Crippen LogP) is 3.79. The summed E-state index contributed by atoms with van der Waals surface area (Å²) < 4.78 is 4.94. The average molecular weight is 287 g/mol. The highest BCUT2D eigenvalue weighted by molar-refractivity contribution is 7.13. The minimum absolute atomic E-state index is 0.214. The summed E-state index contributed by atoms with van der Waals surface area (Å²) in [5, 5.41) is 2.90. The van der Waals surface area contributed by atoms with E-state index >= 15 is 0 Å². The molecule has 0 atom stereocenters. The van der Waals surface area contributed by atoms with E-state index in [0.717, 1.165) is 22.2 Å². The summed E-state index contributed by atoms with van der Waals surface area (Å²) in [6.45, 7) is 2.23. The first-order valence-corrected chi connectivity index (χ1v) is 7.84. The average Bonchev–Trinajstić information content (AvgIpc) is 3.20. The fourth-order valence-electron chi connectivity index (χ4n) is 2.20. The number of carbonyl (C=O) groups is 1. The molecule has 1 aromatic carbocycles. The lowest BCUT2D eigenvalue weighted by molar-refractivity contribution is -0.142. The van der Waals surface area contributed by atoms with Gasteiger partial charge in [-0.3, -0.25) is 4.79 Å². The zero-order chi connectivity index (χ0) is 13.9. The van der Waals surface area contributed by atoms with E-state index in [1.54, 1.807) is 11.3 Å². The van der Waals surface area contributed by atoms with E-state index < -0.39 is 0 Å². The van der Waals surface area contributed by atoms with E-state index in [0.29, 0.717) is 6.61 Å². The lowest BCUT2D eigenvalue weighted by atomic mass is 10.1. The fourth-order valence-corrected chi connectivity index (χ4v) is 3.02. The number of hydrogen-bond acceptors (Lipinski definition) is 4. The molecule has 0 bridgehead atoms. The molecule has 2 aromatic rings. The summed E-state index contributed by atoms with van der Waals surface area (Å²) in [7, 11) is 0. The van der Waals surface area contributed by atoms with Gasteiger partial charge in [0, 0.05) is 10.9 Å². The van der Waals surface area contributed by atoms with E-state index in [1.807, 2.05) is 12.3 Å². The van der Waals surface area contributed by atoms with Crippen LogP contribution in [0, 0.1) is 0 Å². The van der Waals surface area contributed by atoms with E-state index in [4.69, 9.17) is 4.74 Å². The van der Waals surface area contributed by atoms with Gasteiger partial charge in [-0.1, -0.05) is 24.3 Å². The van der Waals surface area contributed by atoms with Crippen molar-refractivity contribution in [3.05, 3.63) is 40.9 Å². The Kier molecular flexibility index (Phi) is 3.83. The Morgan fingerprint density at radius 2 is 2.10 bits per heavy atom. The lowest BCUT2D eigenvalue weighted by Gasteiger charge is -2.00. The molecule has 3 rings (SSSR count). The first-order chi connectivity index (χ1) is 9.76. The molecule has 1 aliphatic rings. The summed E-state index contributed by atoms with van der Waals surface area (Å²) >= 11 is 1.57. The van der Waals surface area contributed by atoms with Crippen LogP contribution in [0.2, 0.25) is 0 Å². The Morgan fingerprint density at radius 1 is 1.35 bits per heavy atom. The van der Waals surface area contributed by atoms with Crippen LogP contribution in [-0.4, -0.2) is 17.6 Å². The molecule has 1 heterocycles. The molecular weight excluding hydrogens is 270 g/mol. The highest BCUT2D eigenvalue weighted by Crippen LogP contribution is 2.40. The van der Waals surface area contributed by atoms with Crippen molar-refractivity contribution in [2.75, 3.05) is 6.61 Å². The van der Waals surface area contributed by atoms with Crippen molar-refractivity contribution in [2.24, 2.45) is 0 Å². The van der Waals surface area contributed by atoms with Crippen LogP contribution in [0.15, 0.2) is 29.6 Å². The van der Waals surface area contributed by atoms with Crippen molar-refractivity contribution in [1.29, 1.82) is 0 Å². The predicted molar refractivity (Wildman–Crippen MR) is 79.9 cm³/mol. The zero-order valence-electron chi connectivity index (χ0n) is 11.5. The molecule has 4 heteroatoms. The monoisotopic (exact) mass is 287 g/mol. The van der Waals surface area contributed by atoms with Crippen LogP contribution >= 0.6 is 11.3 Å². The molecular formula is C16H17NO2S. The number of aromatic nitrogens is 1. The third kappa shape index (κ3) is 3.07. The highest BCUT2D eigenvalue weighted by atomic mass is 32.1. The molecule has 20 heavy (non-hydrogen) atoms. The SMILES string of the molecule is CCOC(=O)Cc1csc(-c2ccc(C3CC3)cc2)n1. The van der Waals surface area contributed by atoms with Crippen LogP contribution in [0.5, 0.6) is 0 Å². The third-order valence-electron chi connectivity index (χ3n) is 3.39. The molecule has 104 valence electrons. The van der Waals surface area contributed by atoms with Crippen molar-refractivity contribution in [3.8, 4) is 10.6 Å². The maximum absolute atomic E-state index is 11.4. The van der Waals surface area contributed by atoms with Gasteiger partial charge in [0.05, 0.1) is 18.7 Å². The molecule has 0 saturated heterocycles. The maximum atomic E-state index is 11.4. The van der Waals surface area contributed by atoms with Crippen molar-refractivity contribution in [3.63, 3.8) is 0 Å². The Labute approximate surface area is 122 Å². The summed E-state index contributed by atoms with van der Waals surface area (Å²) in [6.07, 6.45) is 2.89. The van der Waals surface area contributed by atoms with Gasteiger partial charge in [0.1, 0.15) is 5.01 Å². The molecule has 1 aliphatic carbocycles. The minimum atomic E-state index is -0.214. The number of hydrogen-bond donors (Lipinski definition) is 0. The second-order valence-electron chi connectivity index (χ2n) is 5.02. The number of ether oxygens (including phenoxy) is 1. The van der Waals surface area contributed by atoms with Crippen LogP contribution in [0.1, 0.15) is 36.9 Å². The van der Waals surface area contributed by atoms with Gasteiger partial charge in [0.25, 0.3) is 0 Å². The van der Waals surface area contributed by atoms with Crippen LogP contribution in [-0.2, 0) is 16.0 Å². The summed E-state index contributed by atoms with van der Waals surface area (Å²) in [4.78, 5) is 15.9. The summed E-state index contributed by atoms with van der Waals surface area (Å²) in [5.74, 6) is 0.563. The molecule has 0 spiro atoms. The molecule has 0 aliphatic heterocycles. The van der Waals surface area contributed by atoms with E-state index in [1.165, 1.54) is 18.4 Å². The molecule has 0 unspecified atom stereocenters. The van der Waals surface area contributed by atoms with Gasteiger partial charge in [0.15, 0.2) is 0 Å². The van der Waals surface area contributed by atoms with Crippen molar-refractivity contribution < 1.29 is 9.53 Å². The number of carbonyl (C=O) groups excluding carboxylic acids is 1. The molecule has 1 fully saturated rings. The number of benzene rings is 1. The first kappa shape index (κ1) is 13.3.